The first-order valence-corrected chi connectivity index (χ1v) is 3.76. The molecule has 2 unspecified atom stereocenters. The number of methoxy groups -OCH3 is 1. The molecule has 4 heteroatoms. The number of rotatable bonds is 2. The van der Waals surface area contributed by atoms with Gasteiger partial charge >= 0.3 is 0 Å². The second-order valence-electron chi connectivity index (χ2n) is 2.81. The third-order valence-electron chi connectivity index (χ3n) is 1.66. The second-order valence-corrected chi connectivity index (χ2v) is 2.81. The van der Waals surface area contributed by atoms with Crippen molar-refractivity contribution in [3.05, 3.63) is 0 Å². The monoisotopic (exact) mass is 158 g/mol. The number of ether oxygens (including phenoxy) is 1. The van der Waals surface area contributed by atoms with E-state index in [1.807, 2.05) is 6.92 Å². The van der Waals surface area contributed by atoms with Gasteiger partial charge in [-0.1, -0.05) is 0 Å². The summed E-state index contributed by atoms with van der Waals surface area (Å²) in [5.41, 5.74) is 0. The van der Waals surface area contributed by atoms with Crippen LogP contribution in [0.5, 0.6) is 0 Å². The minimum Gasteiger partial charge on any atom is -0.383 e. The van der Waals surface area contributed by atoms with E-state index in [9.17, 15) is 4.79 Å². The zero-order valence-electron chi connectivity index (χ0n) is 6.89. The Morgan fingerprint density at radius 1 is 1.73 bits per heavy atom. The lowest BCUT2D eigenvalue weighted by molar-refractivity contribution is -0.124. The largest absolute Gasteiger partial charge is 0.383 e. The van der Waals surface area contributed by atoms with Gasteiger partial charge in [-0.25, -0.2) is 0 Å². The van der Waals surface area contributed by atoms with E-state index in [2.05, 4.69) is 10.6 Å². The van der Waals surface area contributed by atoms with Crippen molar-refractivity contribution in [1.82, 2.24) is 10.6 Å². The van der Waals surface area contributed by atoms with Crippen LogP contribution in [0.4, 0.5) is 0 Å². The minimum atomic E-state index is 0.0661. The van der Waals surface area contributed by atoms with Crippen LogP contribution >= 0.6 is 0 Å². The molecule has 1 aliphatic rings. The first-order valence-electron chi connectivity index (χ1n) is 3.76. The average Bonchev–Trinajstić information content (AvgIpc) is 1.85. The fourth-order valence-electron chi connectivity index (χ4n) is 1.29. The first-order chi connectivity index (χ1) is 5.22. The predicted octanol–water partition coefficient (Wildman–Crippen LogP) is -0.543. The van der Waals surface area contributed by atoms with E-state index >= 15 is 0 Å². The number of carbonyl (C=O) groups is 1. The molecule has 0 spiro atoms. The van der Waals surface area contributed by atoms with Gasteiger partial charge < -0.3 is 10.1 Å². The van der Waals surface area contributed by atoms with Gasteiger partial charge in [-0.15, -0.1) is 0 Å². The summed E-state index contributed by atoms with van der Waals surface area (Å²) in [7, 11) is 1.64. The lowest BCUT2D eigenvalue weighted by Crippen LogP contribution is -2.56. The fourth-order valence-corrected chi connectivity index (χ4v) is 1.29. The standard InChI is InChI=1S/C7H14N2O2/c1-5-8-6(4-11-2)3-7(10)9-5/h5-6,8H,3-4H2,1-2H3,(H,9,10). The van der Waals surface area contributed by atoms with Gasteiger partial charge in [0.05, 0.1) is 12.8 Å². The summed E-state index contributed by atoms with van der Waals surface area (Å²) in [6, 6.07) is 0.170. The van der Waals surface area contributed by atoms with Gasteiger partial charge in [0.25, 0.3) is 0 Å². The third kappa shape index (κ3) is 2.48. The van der Waals surface area contributed by atoms with E-state index in [4.69, 9.17) is 4.74 Å². The van der Waals surface area contributed by atoms with E-state index in [1.54, 1.807) is 7.11 Å². The summed E-state index contributed by atoms with van der Waals surface area (Å²) in [5.74, 6) is 0.0956. The van der Waals surface area contributed by atoms with E-state index in [0.29, 0.717) is 13.0 Å². The SMILES string of the molecule is COCC1CC(=O)NC(C)N1. The molecule has 2 N–H and O–H groups in total. The predicted molar refractivity (Wildman–Crippen MR) is 41.0 cm³/mol. The van der Waals surface area contributed by atoms with Crippen molar-refractivity contribution in [2.75, 3.05) is 13.7 Å². The molecule has 64 valence electrons. The van der Waals surface area contributed by atoms with Crippen LogP contribution in [-0.2, 0) is 9.53 Å². The van der Waals surface area contributed by atoms with Gasteiger partial charge in [0.1, 0.15) is 0 Å². The molecule has 0 aromatic heterocycles. The summed E-state index contributed by atoms with van der Waals surface area (Å²) < 4.78 is 4.94. The summed E-state index contributed by atoms with van der Waals surface area (Å²) in [4.78, 5) is 11.0. The Balaban J connectivity index is 2.36. The Hall–Kier alpha value is -0.610. The van der Waals surface area contributed by atoms with Crippen molar-refractivity contribution in [3.8, 4) is 0 Å². The van der Waals surface area contributed by atoms with Crippen molar-refractivity contribution in [2.24, 2.45) is 0 Å². The van der Waals surface area contributed by atoms with Crippen LogP contribution in [0.15, 0.2) is 0 Å². The molecule has 1 saturated heterocycles. The van der Waals surface area contributed by atoms with Crippen LogP contribution in [-0.4, -0.2) is 31.8 Å². The molecule has 1 rings (SSSR count). The van der Waals surface area contributed by atoms with Crippen LogP contribution in [0.2, 0.25) is 0 Å². The molecule has 0 radical (unpaired) electrons. The normalized spacial score (nSPS) is 31.6. The lowest BCUT2D eigenvalue weighted by Gasteiger charge is -2.28. The summed E-state index contributed by atoms with van der Waals surface area (Å²) in [6.07, 6.45) is 0.578. The molecule has 0 aromatic carbocycles. The maximum absolute atomic E-state index is 11.0. The number of hydrogen-bond donors (Lipinski definition) is 2. The van der Waals surface area contributed by atoms with Crippen molar-refractivity contribution in [2.45, 2.75) is 25.6 Å². The van der Waals surface area contributed by atoms with Crippen molar-refractivity contribution in [3.63, 3.8) is 0 Å². The van der Waals surface area contributed by atoms with Gasteiger partial charge in [-0.2, -0.15) is 0 Å². The van der Waals surface area contributed by atoms with Crippen molar-refractivity contribution in [1.29, 1.82) is 0 Å². The number of carbonyl (C=O) groups excluding carboxylic acids is 1. The molecule has 1 heterocycles. The smallest absolute Gasteiger partial charge is 0.222 e. The van der Waals surface area contributed by atoms with Crippen LogP contribution in [0.25, 0.3) is 0 Å². The highest BCUT2D eigenvalue weighted by atomic mass is 16.5. The summed E-state index contributed by atoms with van der Waals surface area (Å²) in [5, 5.41) is 5.95. The van der Waals surface area contributed by atoms with Crippen molar-refractivity contribution < 1.29 is 9.53 Å². The second kappa shape index (κ2) is 3.69. The van der Waals surface area contributed by atoms with Gasteiger partial charge in [-0.05, 0) is 6.92 Å². The molecule has 4 nitrogen and oxygen atoms in total. The molecule has 1 aliphatic heterocycles. The highest BCUT2D eigenvalue weighted by Gasteiger charge is 2.22. The fraction of sp³-hybridized carbons (Fsp3) is 0.857. The average molecular weight is 158 g/mol. The number of amides is 1. The van der Waals surface area contributed by atoms with E-state index in [-0.39, 0.29) is 18.1 Å². The zero-order valence-corrected chi connectivity index (χ0v) is 6.89. The van der Waals surface area contributed by atoms with Crippen LogP contribution in [0.3, 0.4) is 0 Å². The molecule has 1 amide bonds. The Morgan fingerprint density at radius 2 is 2.45 bits per heavy atom. The topological polar surface area (TPSA) is 50.4 Å². The molecule has 11 heavy (non-hydrogen) atoms. The molecular formula is C7H14N2O2. The molecular weight excluding hydrogens is 144 g/mol. The van der Waals surface area contributed by atoms with Crippen LogP contribution in [0, 0.1) is 0 Å². The minimum absolute atomic E-state index is 0.0661. The van der Waals surface area contributed by atoms with Crippen LogP contribution in [0.1, 0.15) is 13.3 Å². The maximum Gasteiger partial charge on any atom is 0.222 e. The Labute approximate surface area is 66.3 Å². The first kappa shape index (κ1) is 8.49. The number of nitrogens with one attached hydrogen (secondary N) is 2. The molecule has 0 aliphatic carbocycles. The molecule has 2 atom stereocenters. The Morgan fingerprint density at radius 3 is 3.00 bits per heavy atom. The Bertz CT molecular complexity index is 149. The van der Waals surface area contributed by atoms with Crippen LogP contribution < -0.4 is 10.6 Å². The number of hydrogen-bond acceptors (Lipinski definition) is 3. The third-order valence-corrected chi connectivity index (χ3v) is 1.66. The van der Waals surface area contributed by atoms with E-state index < -0.39 is 0 Å². The van der Waals surface area contributed by atoms with Gasteiger partial charge in [-0.3, -0.25) is 10.1 Å². The van der Waals surface area contributed by atoms with E-state index in [0.717, 1.165) is 0 Å². The highest BCUT2D eigenvalue weighted by molar-refractivity contribution is 5.77. The molecule has 0 saturated carbocycles. The summed E-state index contributed by atoms with van der Waals surface area (Å²) in [6.45, 7) is 2.51. The Kier molecular flexibility index (Phi) is 2.84. The van der Waals surface area contributed by atoms with Crippen molar-refractivity contribution >= 4 is 5.91 Å². The van der Waals surface area contributed by atoms with Gasteiger partial charge in [0.15, 0.2) is 0 Å². The highest BCUT2D eigenvalue weighted by Crippen LogP contribution is 2.00. The molecule has 0 aromatic rings. The zero-order chi connectivity index (χ0) is 8.27. The van der Waals surface area contributed by atoms with E-state index in [1.165, 1.54) is 0 Å². The lowest BCUT2D eigenvalue weighted by atomic mass is 10.1. The van der Waals surface area contributed by atoms with Gasteiger partial charge in [0.2, 0.25) is 5.91 Å². The summed E-state index contributed by atoms with van der Waals surface area (Å²) >= 11 is 0. The maximum atomic E-state index is 11.0. The molecule has 0 bridgehead atoms. The quantitative estimate of drug-likeness (QED) is 0.567. The van der Waals surface area contributed by atoms with Gasteiger partial charge in [0, 0.05) is 19.6 Å². The molecule has 1 fully saturated rings.